The van der Waals surface area contributed by atoms with E-state index >= 15 is 0 Å². The fourth-order valence-corrected chi connectivity index (χ4v) is 2.72. The van der Waals surface area contributed by atoms with Gasteiger partial charge in [0.05, 0.1) is 24.0 Å². The second kappa shape index (κ2) is 4.90. The molecule has 1 aliphatic heterocycles. The summed E-state index contributed by atoms with van der Waals surface area (Å²) < 4.78 is 7.53. The summed E-state index contributed by atoms with van der Waals surface area (Å²) in [5, 5.41) is 7.64. The molecule has 0 aromatic carbocycles. The van der Waals surface area contributed by atoms with Crippen molar-refractivity contribution in [2.24, 2.45) is 5.92 Å². The minimum atomic E-state index is -0.112. The molecule has 1 atom stereocenters. The van der Waals surface area contributed by atoms with Crippen molar-refractivity contribution in [1.82, 2.24) is 9.78 Å². The molecule has 104 valence electrons. The third kappa shape index (κ3) is 2.84. The second-order valence-electron chi connectivity index (χ2n) is 5.79. The molecule has 5 nitrogen and oxygen atoms in total. The maximum atomic E-state index is 12.2. The molecule has 19 heavy (non-hydrogen) atoms. The summed E-state index contributed by atoms with van der Waals surface area (Å²) in [4.78, 5) is 12.2. The predicted molar refractivity (Wildman–Crippen MR) is 76.4 cm³/mol. The smallest absolute Gasteiger partial charge is 0.283 e. The zero-order chi connectivity index (χ0) is 13.5. The highest BCUT2D eigenvalue weighted by Crippen LogP contribution is 2.30. The Labute approximate surface area is 120 Å². The first-order valence-corrected chi connectivity index (χ1v) is 7.48. The number of halogens is 1. The molecule has 0 radical (unpaired) electrons. The third-order valence-corrected chi connectivity index (χ3v) is 4.53. The first-order chi connectivity index (χ1) is 9.07. The summed E-state index contributed by atoms with van der Waals surface area (Å²) in [5.74, 6) is 0.636. The number of nitrogens with one attached hydrogen (secondary N) is 1. The SMILES string of the molecule is CC1(Nc2cnn(CC3CC3)c(=O)c2Br)CCOC1. The average molecular weight is 328 g/mol. The number of rotatable bonds is 4. The third-order valence-electron chi connectivity index (χ3n) is 3.77. The van der Waals surface area contributed by atoms with E-state index in [4.69, 9.17) is 4.74 Å². The summed E-state index contributed by atoms with van der Waals surface area (Å²) in [6, 6.07) is 0. The Balaban J connectivity index is 1.82. The Hall–Kier alpha value is -0.880. The summed E-state index contributed by atoms with van der Waals surface area (Å²) in [7, 11) is 0. The van der Waals surface area contributed by atoms with E-state index in [1.165, 1.54) is 12.8 Å². The monoisotopic (exact) mass is 327 g/mol. The van der Waals surface area contributed by atoms with E-state index in [-0.39, 0.29) is 11.1 Å². The van der Waals surface area contributed by atoms with Crippen molar-refractivity contribution in [3.8, 4) is 0 Å². The van der Waals surface area contributed by atoms with Gasteiger partial charge >= 0.3 is 0 Å². The first kappa shape index (κ1) is 13.1. The van der Waals surface area contributed by atoms with Crippen LogP contribution in [0.1, 0.15) is 26.2 Å². The summed E-state index contributed by atoms with van der Waals surface area (Å²) >= 11 is 3.40. The molecule has 6 heteroatoms. The first-order valence-electron chi connectivity index (χ1n) is 6.69. The summed E-state index contributed by atoms with van der Waals surface area (Å²) in [6.45, 7) is 4.25. The van der Waals surface area contributed by atoms with Crippen LogP contribution in [0, 0.1) is 5.92 Å². The number of ether oxygens (including phenoxy) is 1. The highest BCUT2D eigenvalue weighted by molar-refractivity contribution is 9.10. The molecule has 1 unspecified atom stereocenters. The molecule has 1 saturated carbocycles. The van der Waals surface area contributed by atoms with E-state index in [0.717, 1.165) is 25.3 Å². The largest absolute Gasteiger partial charge is 0.379 e. The Morgan fingerprint density at radius 1 is 1.63 bits per heavy atom. The molecule has 0 bridgehead atoms. The van der Waals surface area contributed by atoms with Gasteiger partial charge in [0.1, 0.15) is 4.47 Å². The minimum Gasteiger partial charge on any atom is -0.379 e. The standard InChI is InChI=1S/C13H18BrN3O2/c1-13(4-5-19-8-13)16-10-6-15-17(7-9-2-3-9)12(18)11(10)14/h6,9,16H,2-5,7-8H2,1H3. The average Bonchev–Trinajstić information content (AvgIpc) is 3.10. The molecule has 0 spiro atoms. The van der Waals surface area contributed by atoms with E-state index in [2.05, 4.69) is 33.3 Å². The lowest BCUT2D eigenvalue weighted by molar-refractivity contribution is 0.185. The van der Waals surface area contributed by atoms with Crippen molar-refractivity contribution < 1.29 is 4.74 Å². The molecule has 1 N–H and O–H groups in total. The van der Waals surface area contributed by atoms with Crippen LogP contribution in [-0.4, -0.2) is 28.5 Å². The summed E-state index contributed by atoms with van der Waals surface area (Å²) in [6.07, 6.45) is 5.09. The van der Waals surface area contributed by atoms with E-state index < -0.39 is 0 Å². The Bertz CT molecular complexity index is 533. The zero-order valence-electron chi connectivity index (χ0n) is 11.0. The van der Waals surface area contributed by atoms with Gasteiger partial charge in [-0.25, -0.2) is 4.68 Å². The highest BCUT2D eigenvalue weighted by Gasteiger charge is 2.30. The number of hydrogen-bond acceptors (Lipinski definition) is 4. The lowest BCUT2D eigenvalue weighted by atomic mass is 10.0. The van der Waals surface area contributed by atoms with E-state index in [1.54, 1.807) is 10.9 Å². The normalized spacial score (nSPS) is 26.6. The molecular formula is C13H18BrN3O2. The van der Waals surface area contributed by atoms with Crippen LogP contribution in [0.4, 0.5) is 5.69 Å². The number of aromatic nitrogens is 2. The van der Waals surface area contributed by atoms with Crippen molar-refractivity contribution in [3.63, 3.8) is 0 Å². The van der Waals surface area contributed by atoms with Gasteiger partial charge in [0.15, 0.2) is 0 Å². The maximum absolute atomic E-state index is 12.2. The number of hydrogen-bond donors (Lipinski definition) is 1. The Morgan fingerprint density at radius 2 is 2.42 bits per heavy atom. The summed E-state index contributed by atoms with van der Waals surface area (Å²) in [5.41, 5.74) is 0.587. The van der Waals surface area contributed by atoms with Gasteiger partial charge < -0.3 is 10.1 Å². The van der Waals surface area contributed by atoms with E-state index in [0.29, 0.717) is 17.0 Å². The molecule has 1 aliphatic carbocycles. The van der Waals surface area contributed by atoms with Gasteiger partial charge in [-0.1, -0.05) is 0 Å². The quantitative estimate of drug-likeness (QED) is 0.919. The van der Waals surface area contributed by atoms with Crippen LogP contribution in [0.15, 0.2) is 15.5 Å². The Kier molecular flexibility index (Phi) is 3.39. The molecule has 0 amide bonds. The molecule has 2 aliphatic rings. The van der Waals surface area contributed by atoms with Crippen LogP contribution < -0.4 is 10.9 Å². The van der Waals surface area contributed by atoms with Gasteiger partial charge in [0, 0.05) is 13.2 Å². The van der Waals surface area contributed by atoms with Crippen LogP contribution >= 0.6 is 15.9 Å². The second-order valence-corrected chi connectivity index (χ2v) is 6.58. The topological polar surface area (TPSA) is 56.2 Å². The van der Waals surface area contributed by atoms with Gasteiger partial charge in [-0.15, -0.1) is 0 Å². The number of anilines is 1. The predicted octanol–water partition coefficient (Wildman–Crippen LogP) is 2.01. The van der Waals surface area contributed by atoms with Crippen LogP contribution in [0.2, 0.25) is 0 Å². The van der Waals surface area contributed by atoms with Crippen molar-refractivity contribution in [3.05, 3.63) is 21.0 Å². The lowest BCUT2D eigenvalue weighted by Crippen LogP contribution is -2.36. The van der Waals surface area contributed by atoms with Crippen LogP contribution in [0.5, 0.6) is 0 Å². The van der Waals surface area contributed by atoms with Gasteiger partial charge in [0.2, 0.25) is 0 Å². The molecule has 3 rings (SSSR count). The lowest BCUT2D eigenvalue weighted by Gasteiger charge is -2.25. The molecule has 2 fully saturated rings. The maximum Gasteiger partial charge on any atom is 0.283 e. The van der Waals surface area contributed by atoms with Crippen LogP contribution in [0.25, 0.3) is 0 Å². The fourth-order valence-electron chi connectivity index (χ4n) is 2.32. The van der Waals surface area contributed by atoms with Crippen LogP contribution in [-0.2, 0) is 11.3 Å². The van der Waals surface area contributed by atoms with Crippen LogP contribution in [0.3, 0.4) is 0 Å². The molecule has 2 heterocycles. The Morgan fingerprint density at radius 3 is 3.05 bits per heavy atom. The highest BCUT2D eigenvalue weighted by atomic mass is 79.9. The molecule has 1 saturated heterocycles. The van der Waals surface area contributed by atoms with Crippen molar-refractivity contribution in [1.29, 1.82) is 0 Å². The zero-order valence-corrected chi connectivity index (χ0v) is 12.6. The molecule has 1 aromatic heterocycles. The molecule has 1 aromatic rings. The van der Waals surface area contributed by atoms with Crippen molar-refractivity contribution >= 4 is 21.6 Å². The minimum absolute atomic E-state index is 0.0561. The molecular weight excluding hydrogens is 310 g/mol. The van der Waals surface area contributed by atoms with Gasteiger partial charge in [-0.3, -0.25) is 4.79 Å². The van der Waals surface area contributed by atoms with Gasteiger partial charge in [-0.2, -0.15) is 5.10 Å². The number of nitrogens with zero attached hydrogens (tertiary/aromatic N) is 2. The van der Waals surface area contributed by atoms with Gasteiger partial charge in [-0.05, 0) is 48.0 Å². The fraction of sp³-hybridized carbons (Fsp3) is 0.692. The van der Waals surface area contributed by atoms with Crippen molar-refractivity contribution in [2.45, 2.75) is 38.3 Å². The van der Waals surface area contributed by atoms with Gasteiger partial charge in [0.25, 0.3) is 5.56 Å². The van der Waals surface area contributed by atoms with E-state index in [1.807, 2.05) is 0 Å². The van der Waals surface area contributed by atoms with E-state index in [9.17, 15) is 4.79 Å². The van der Waals surface area contributed by atoms with Crippen molar-refractivity contribution in [2.75, 3.05) is 18.5 Å².